The fraction of sp³-hybridized carbons (Fsp3) is 0.433. The van der Waals surface area contributed by atoms with E-state index in [0.717, 1.165) is 100 Å². The minimum atomic E-state index is -0.993. The molecule has 0 spiro atoms. The number of rotatable bonds is 19. The molecule has 4 aromatic heterocycles. The third-order valence-corrected chi connectivity index (χ3v) is 16.8. The zero-order valence-corrected chi connectivity index (χ0v) is 47.5. The van der Waals surface area contributed by atoms with Crippen molar-refractivity contribution in [2.75, 3.05) is 51.3 Å². The monoisotopic (exact) mass is 1120 g/mol. The van der Waals surface area contributed by atoms with Crippen LogP contribution in [0.5, 0.6) is 11.8 Å². The van der Waals surface area contributed by atoms with Crippen LogP contribution in [0.1, 0.15) is 99.3 Å². The Bertz CT molecular complexity index is 3560. The molecule has 81 heavy (non-hydrogen) atoms. The number of aromatic nitrogens is 8. The van der Waals surface area contributed by atoms with E-state index in [1.54, 1.807) is 50.2 Å². The summed E-state index contributed by atoms with van der Waals surface area (Å²) in [5.74, 6) is -0.0643. The van der Waals surface area contributed by atoms with Crippen molar-refractivity contribution in [3.05, 3.63) is 112 Å². The third kappa shape index (κ3) is 11.5. The Balaban J connectivity index is 0.874. The van der Waals surface area contributed by atoms with E-state index in [0.29, 0.717) is 39.2 Å². The first-order chi connectivity index (χ1) is 39.1. The number of thiazole rings is 1. The molecule has 8 aromatic rings. The zero-order chi connectivity index (χ0) is 56.6. The molecule has 4 aromatic carbocycles. The van der Waals surface area contributed by atoms with Gasteiger partial charge in [0.25, 0.3) is 0 Å². The minimum absolute atomic E-state index is 0.0361. The van der Waals surface area contributed by atoms with E-state index in [4.69, 9.17) is 24.2 Å². The minimum Gasteiger partial charge on any atom is -0.486 e. The molecule has 1 aliphatic carbocycles. The van der Waals surface area contributed by atoms with Gasteiger partial charge in [0.2, 0.25) is 11.8 Å². The number of ether oxygens (including phenoxy) is 3. The second-order valence-electron chi connectivity index (χ2n) is 22.1. The van der Waals surface area contributed by atoms with E-state index >= 15 is 4.39 Å². The summed E-state index contributed by atoms with van der Waals surface area (Å²) in [6, 6.07) is 16.6. The molecule has 6 atom stereocenters. The van der Waals surface area contributed by atoms with Gasteiger partial charge in [-0.1, -0.05) is 67.6 Å². The number of nitrogens with zero attached hydrogens (tertiary/aromatic N) is 9. The molecule has 5 N–H and O–H groups in total. The third-order valence-electron chi connectivity index (χ3n) is 15.9. The molecule has 3 aliphatic rings. The van der Waals surface area contributed by atoms with Gasteiger partial charge in [0.05, 0.1) is 58.3 Å². The number of halogens is 1. The molecule has 11 rings (SSSR count). The van der Waals surface area contributed by atoms with E-state index in [9.17, 15) is 19.8 Å². The first kappa shape index (κ1) is 55.5. The largest absolute Gasteiger partial charge is 0.486 e. The van der Waals surface area contributed by atoms with E-state index in [1.807, 2.05) is 76.2 Å². The van der Waals surface area contributed by atoms with Crippen molar-refractivity contribution in [3.63, 3.8) is 0 Å². The van der Waals surface area contributed by atoms with Crippen molar-refractivity contribution in [1.29, 1.82) is 0 Å². The van der Waals surface area contributed by atoms with Crippen LogP contribution in [0.15, 0.2) is 78.6 Å². The Morgan fingerprint density at radius 1 is 0.951 bits per heavy atom. The normalized spacial score (nSPS) is 18.3. The van der Waals surface area contributed by atoms with Crippen molar-refractivity contribution in [3.8, 4) is 44.6 Å². The lowest BCUT2D eigenvalue weighted by molar-refractivity contribution is -0.143. The average Bonchev–Trinajstić information content (AvgIpc) is 3.76. The molecular weight excluding hydrogens is 1050 g/mol. The molecule has 2 saturated heterocycles. The number of fused-ring (bicyclic) bond motifs is 2. The maximum absolute atomic E-state index is 16.1. The highest BCUT2D eigenvalue weighted by atomic mass is 32.1. The van der Waals surface area contributed by atoms with Crippen LogP contribution in [-0.4, -0.2) is 138 Å². The number of nitrogens with one attached hydrogen (secondary N) is 3. The molecule has 2 amide bonds. The van der Waals surface area contributed by atoms with Crippen LogP contribution in [0.25, 0.3) is 54.6 Å². The number of hydrogen-bond acceptors (Lipinski definition) is 16. The smallest absolute Gasteiger partial charge is 0.319 e. The van der Waals surface area contributed by atoms with Crippen molar-refractivity contribution >= 4 is 50.8 Å². The molecule has 0 bridgehead atoms. The van der Waals surface area contributed by atoms with Gasteiger partial charge in [-0.2, -0.15) is 15.1 Å². The lowest BCUT2D eigenvalue weighted by atomic mass is 9.88. The number of benzene rings is 4. The lowest BCUT2D eigenvalue weighted by Gasteiger charge is -2.31. The van der Waals surface area contributed by atoms with Crippen LogP contribution < -0.4 is 25.0 Å². The van der Waals surface area contributed by atoms with Crippen LogP contribution in [0, 0.1) is 25.6 Å². The van der Waals surface area contributed by atoms with Gasteiger partial charge < -0.3 is 44.9 Å². The number of hydrogen-bond donors (Lipinski definition) is 5. The van der Waals surface area contributed by atoms with Crippen LogP contribution >= 0.6 is 11.3 Å². The van der Waals surface area contributed by atoms with E-state index in [2.05, 4.69) is 47.1 Å². The van der Waals surface area contributed by atoms with E-state index in [-0.39, 0.29) is 61.9 Å². The maximum Gasteiger partial charge on any atom is 0.319 e. The predicted octanol–water partition coefficient (Wildman–Crippen LogP) is 8.38. The highest BCUT2D eigenvalue weighted by Crippen LogP contribution is 2.53. The number of aryl methyl sites for hydroxylation is 1. The predicted molar refractivity (Wildman–Crippen MR) is 308 cm³/mol. The Kier molecular flexibility index (Phi) is 16.1. The summed E-state index contributed by atoms with van der Waals surface area (Å²) in [5.41, 5.74) is 10.6. The fourth-order valence-corrected chi connectivity index (χ4v) is 12.1. The number of aliphatic hydroxyl groups is 2. The highest BCUT2D eigenvalue weighted by Gasteiger charge is 2.44. The molecule has 0 radical (unpaired) electrons. The molecule has 6 heterocycles. The Hall–Kier alpha value is -7.43. The van der Waals surface area contributed by atoms with E-state index < -0.39 is 36.2 Å². The van der Waals surface area contributed by atoms with Crippen LogP contribution in [0.4, 0.5) is 10.2 Å². The lowest BCUT2D eigenvalue weighted by Crippen LogP contribution is -2.50. The van der Waals surface area contributed by atoms with Crippen molar-refractivity contribution in [1.82, 2.24) is 55.7 Å². The van der Waals surface area contributed by atoms with Crippen molar-refractivity contribution in [2.24, 2.45) is 5.92 Å². The van der Waals surface area contributed by atoms with Crippen molar-refractivity contribution in [2.45, 2.75) is 116 Å². The summed E-state index contributed by atoms with van der Waals surface area (Å²) in [6.07, 6.45) is 4.24. The van der Waals surface area contributed by atoms with Gasteiger partial charge in [-0.05, 0) is 105 Å². The molecule has 1 saturated carbocycles. The summed E-state index contributed by atoms with van der Waals surface area (Å²) in [5, 5.41) is 46.3. The highest BCUT2D eigenvalue weighted by molar-refractivity contribution is 7.13. The molecule has 0 unspecified atom stereocenters. The zero-order valence-electron chi connectivity index (χ0n) is 46.6. The first-order valence-corrected chi connectivity index (χ1v) is 28.8. The number of carbonyl (C=O) groups is 2. The van der Waals surface area contributed by atoms with Gasteiger partial charge >= 0.3 is 6.01 Å². The standard InChI is InChI=1S/C60H69FN12O7S/c1-32(2)54(59(77)72-27-42(75)23-49(72)58(76)65-52(36(6)74)40-15-17-41(18-16-40)56-35(5)63-31-81-56)73-28-48(69-70-73)39-11-9-37(10-12-39)30-79-55-51(50-34(4)46(61)25-47-45(50)26-64-68-47)43(38-13-14-38)24-44-53(55)66-60(80-29-33(3)78-7)67-57(44)71-21-8-19-62-20-22-71/h9-12,15-18,24-26,28,31-33,36,38,42,49,52,54,62,74-75H,8,13-14,19-23,27,29-30H2,1-7H3,(H,64,68)(H,65,76)/t33-,36-,42+,49-,52-,54-/m0/s1. The summed E-state index contributed by atoms with van der Waals surface area (Å²) in [6.45, 7) is 14.5. The van der Waals surface area contributed by atoms with Gasteiger partial charge in [-0.3, -0.25) is 14.7 Å². The summed E-state index contributed by atoms with van der Waals surface area (Å²) in [4.78, 5) is 48.1. The summed E-state index contributed by atoms with van der Waals surface area (Å²) < 4.78 is 36.6. The summed E-state index contributed by atoms with van der Waals surface area (Å²) >= 11 is 1.54. The molecule has 21 heteroatoms. The topological polar surface area (TPSA) is 231 Å². The average molecular weight is 1120 g/mol. The number of β-amino-alcohol motifs (C(OH)–C–C–N with tert-alkyl or cyclic N) is 1. The number of aromatic amines is 1. The van der Waals surface area contributed by atoms with Crippen LogP contribution in [-0.2, 0) is 20.9 Å². The Labute approximate surface area is 473 Å². The number of aliphatic hydroxyl groups excluding tert-OH is 2. The molecule has 3 fully saturated rings. The quantitative estimate of drug-likeness (QED) is 0.0512. The SMILES string of the molecule is CO[C@@H](C)COc1nc(N2CCCNCC2)c2cc(C3CC3)c(-c3c(C)c(F)cc4[nH]ncc34)c(OCc3ccc(-c4cn([C@H](C(=O)N5C[C@H](O)C[C@H]5C(=O)N[C@H](c5ccc(-c6scnc6C)cc5)[C@H](C)O)C(C)C)nn4)cc3)c2n1. The molecule has 424 valence electrons. The second kappa shape index (κ2) is 23.6. The number of likely N-dealkylation sites (tertiary alicyclic amines) is 1. The molecule has 19 nitrogen and oxygen atoms in total. The molecule has 2 aliphatic heterocycles. The number of methoxy groups -OCH3 is 1. The summed E-state index contributed by atoms with van der Waals surface area (Å²) in [7, 11) is 1.63. The Morgan fingerprint density at radius 3 is 2.44 bits per heavy atom. The number of anilines is 1. The van der Waals surface area contributed by atoms with Gasteiger partial charge in [0.1, 0.15) is 48.1 Å². The number of amides is 2. The van der Waals surface area contributed by atoms with Crippen molar-refractivity contribution < 1.29 is 38.4 Å². The van der Waals surface area contributed by atoms with Gasteiger partial charge in [-0.25, -0.2) is 14.1 Å². The second-order valence-corrected chi connectivity index (χ2v) is 22.9. The fourth-order valence-electron chi connectivity index (χ4n) is 11.2. The molecular formula is C60H69FN12O7S. The van der Waals surface area contributed by atoms with Crippen LogP contribution in [0.3, 0.4) is 0 Å². The number of carbonyl (C=O) groups excluding carboxylic acids is 2. The van der Waals surface area contributed by atoms with E-state index in [1.165, 1.54) is 15.6 Å². The number of H-pyrrole nitrogens is 1. The van der Waals surface area contributed by atoms with Gasteiger partial charge in [0.15, 0.2) is 5.75 Å². The van der Waals surface area contributed by atoms with Gasteiger partial charge in [-0.15, -0.1) is 16.4 Å². The van der Waals surface area contributed by atoms with Gasteiger partial charge in [0, 0.05) is 67.2 Å². The first-order valence-electron chi connectivity index (χ1n) is 27.9. The Morgan fingerprint density at radius 2 is 1.73 bits per heavy atom. The maximum atomic E-state index is 16.1. The van der Waals surface area contributed by atoms with Crippen LogP contribution in [0.2, 0.25) is 0 Å².